The van der Waals surface area contributed by atoms with Crippen molar-refractivity contribution >= 4 is 15.7 Å². The highest BCUT2D eigenvalue weighted by molar-refractivity contribution is 7.92. The van der Waals surface area contributed by atoms with Gasteiger partial charge in [0.15, 0.2) is 0 Å². The van der Waals surface area contributed by atoms with Crippen LogP contribution in [-0.2, 0) is 16.6 Å². The number of anilines is 1. The second kappa shape index (κ2) is 5.45. The van der Waals surface area contributed by atoms with Crippen LogP contribution in [0, 0.1) is 6.92 Å². The van der Waals surface area contributed by atoms with E-state index in [1.165, 1.54) is 10.6 Å². The number of sulfonamides is 1. The molecule has 0 aromatic heterocycles. The van der Waals surface area contributed by atoms with Gasteiger partial charge >= 0.3 is 0 Å². The molecule has 100 valence electrons. The molecule has 0 saturated carbocycles. The van der Waals surface area contributed by atoms with E-state index in [4.69, 9.17) is 0 Å². The van der Waals surface area contributed by atoms with Crippen LogP contribution in [-0.4, -0.2) is 14.7 Å². The van der Waals surface area contributed by atoms with Gasteiger partial charge < -0.3 is 0 Å². The predicted octanol–water partition coefficient (Wildman–Crippen LogP) is 2.96. The molecule has 4 heteroatoms. The van der Waals surface area contributed by atoms with Crippen LogP contribution in [0.4, 0.5) is 5.69 Å². The van der Waals surface area contributed by atoms with Crippen molar-refractivity contribution in [2.45, 2.75) is 13.5 Å². The highest BCUT2D eigenvalue weighted by Crippen LogP contribution is 2.21. The molecule has 2 aromatic rings. The number of aryl methyl sites for hydroxylation is 1. The van der Waals surface area contributed by atoms with Gasteiger partial charge in [-0.15, -0.1) is 0 Å². The molecule has 0 saturated heterocycles. The van der Waals surface area contributed by atoms with E-state index in [-0.39, 0.29) is 0 Å². The first kappa shape index (κ1) is 13.6. The molecule has 0 heterocycles. The van der Waals surface area contributed by atoms with Gasteiger partial charge in [0.25, 0.3) is 0 Å². The lowest BCUT2D eigenvalue weighted by Crippen LogP contribution is -2.29. The minimum absolute atomic E-state index is 0.357. The zero-order valence-corrected chi connectivity index (χ0v) is 11.9. The van der Waals surface area contributed by atoms with Gasteiger partial charge in [0, 0.05) is 0 Å². The van der Waals surface area contributed by atoms with E-state index in [1.807, 2.05) is 49.4 Å². The van der Waals surface area contributed by atoms with Gasteiger partial charge in [-0.25, -0.2) is 8.42 Å². The van der Waals surface area contributed by atoms with Crippen LogP contribution in [0.5, 0.6) is 0 Å². The second-order valence-electron chi connectivity index (χ2n) is 4.53. The maximum Gasteiger partial charge on any atom is 0.232 e. The first-order valence-electron chi connectivity index (χ1n) is 6.06. The second-order valence-corrected chi connectivity index (χ2v) is 6.44. The Bertz CT molecular complexity index is 651. The first-order valence-corrected chi connectivity index (χ1v) is 7.90. The Labute approximate surface area is 114 Å². The Morgan fingerprint density at radius 3 is 2.11 bits per heavy atom. The van der Waals surface area contributed by atoms with Gasteiger partial charge in [-0.3, -0.25) is 4.31 Å². The standard InChI is InChI=1S/C15H17NO2S/c1-13-8-6-7-9-14(13)12-16(19(2,17)18)15-10-4-3-5-11-15/h3-11H,12H2,1-2H3. The molecular formula is C15H17NO2S. The molecule has 2 rings (SSSR count). The van der Waals surface area contributed by atoms with E-state index >= 15 is 0 Å². The van der Waals surface area contributed by atoms with Crippen LogP contribution in [0.25, 0.3) is 0 Å². The van der Waals surface area contributed by atoms with Crippen LogP contribution >= 0.6 is 0 Å². The summed E-state index contributed by atoms with van der Waals surface area (Å²) in [6.07, 6.45) is 1.23. The van der Waals surface area contributed by atoms with Crippen LogP contribution in [0.1, 0.15) is 11.1 Å². The summed E-state index contributed by atoms with van der Waals surface area (Å²) in [5.74, 6) is 0. The van der Waals surface area contributed by atoms with Crippen LogP contribution in [0.2, 0.25) is 0 Å². The third-order valence-corrected chi connectivity index (χ3v) is 4.16. The minimum atomic E-state index is -3.30. The average Bonchev–Trinajstić information content (AvgIpc) is 2.37. The number of rotatable bonds is 4. The number of hydrogen-bond donors (Lipinski definition) is 0. The van der Waals surface area contributed by atoms with Crippen molar-refractivity contribution in [2.75, 3.05) is 10.6 Å². The summed E-state index contributed by atoms with van der Waals surface area (Å²) in [6, 6.07) is 17.0. The van der Waals surface area contributed by atoms with Crippen molar-refractivity contribution in [1.82, 2.24) is 0 Å². The predicted molar refractivity (Wildman–Crippen MR) is 78.6 cm³/mol. The minimum Gasteiger partial charge on any atom is -0.266 e. The fourth-order valence-electron chi connectivity index (χ4n) is 1.94. The molecule has 0 N–H and O–H groups in total. The number of benzene rings is 2. The SMILES string of the molecule is Cc1ccccc1CN(c1ccccc1)S(C)(=O)=O. The zero-order valence-electron chi connectivity index (χ0n) is 11.1. The largest absolute Gasteiger partial charge is 0.266 e. The molecule has 3 nitrogen and oxygen atoms in total. The Kier molecular flexibility index (Phi) is 3.90. The summed E-state index contributed by atoms with van der Waals surface area (Å²) in [7, 11) is -3.30. The Morgan fingerprint density at radius 1 is 0.947 bits per heavy atom. The van der Waals surface area contributed by atoms with Crippen LogP contribution in [0.3, 0.4) is 0 Å². The molecule has 0 spiro atoms. The Hall–Kier alpha value is -1.81. The van der Waals surface area contributed by atoms with Crippen molar-refractivity contribution in [2.24, 2.45) is 0 Å². The monoisotopic (exact) mass is 275 g/mol. The molecule has 0 aliphatic heterocycles. The maximum atomic E-state index is 12.0. The molecule has 0 radical (unpaired) electrons. The van der Waals surface area contributed by atoms with Crippen LogP contribution in [0.15, 0.2) is 54.6 Å². The van der Waals surface area contributed by atoms with E-state index in [0.717, 1.165) is 11.1 Å². The molecule has 0 fully saturated rings. The van der Waals surface area contributed by atoms with Crippen molar-refractivity contribution in [3.8, 4) is 0 Å². The van der Waals surface area contributed by atoms with Crippen molar-refractivity contribution < 1.29 is 8.42 Å². The highest BCUT2D eigenvalue weighted by Gasteiger charge is 2.17. The van der Waals surface area contributed by atoms with Gasteiger partial charge in [-0.2, -0.15) is 0 Å². The first-order chi connectivity index (χ1) is 8.98. The summed E-state index contributed by atoms with van der Waals surface area (Å²) >= 11 is 0. The molecule has 0 aliphatic rings. The Balaban J connectivity index is 2.39. The molecule has 19 heavy (non-hydrogen) atoms. The van der Waals surface area contributed by atoms with Crippen LogP contribution < -0.4 is 4.31 Å². The topological polar surface area (TPSA) is 37.4 Å². The lowest BCUT2D eigenvalue weighted by Gasteiger charge is -2.23. The van der Waals surface area contributed by atoms with E-state index < -0.39 is 10.0 Å². The van der Waals surface area contributed by atoms with Gasteiger partial charge in [0.2, 0.25) is 10.0 Å². The number of nitrogens with zero attached hydrogens (tertiary/aromatic N) is 1. The third-order valence-electron chi connectivity index (χ3n) is 3.02. The molecule has 0 bridgehead atoms. The van der Waals surface area contributed by atoms with Gasteiger partial charge in [0.1, 0.15) is 0 Å². The summed E-state index contributed by atoms with van der Waals surface area (Å²) < 4.78 is 25.4. The fraction of sp³-hybridized carbons (Fsp3) is 0.200. The summed E-state index contributed by atoms with van der Waals surface area (Å²) in [6.45, 7) is 2.34. The average molecular weight is 275 g/mol. The molecule has 2 aromatic carbocycles. The summed E-state index contributed by atoms with van der Waals surface area (Å²) in [5.41, 5.74) is 2.79. The third kappa shape index (κ3) is 3.35. The molecule has 0 amide bonds. The molecule has 0 aliphatic carbocycles. The summed E-state index contributed by atoms with van der Waals surface area (Å²) in [5, 5.41) is 0. The zero-order chi connectivity index (χ0) is 13.9. The van der Waals surface area contributed by atoms with Crippen molar-refractivity contribution in [1.29, 1.82) is 0 Å². The maximum absolute atomic E-state index is 12.0. The van der Waals surface area contributed by atoms with Gasteiger partial charge in [-0.1, -0.05) is 42.5 Å². The van der Waals surface area contributed by atoms with Crippen molar-refractivity contribution in [3.05, 3.63) is 65.7 Å². The lowest BCUT2D eigenvalue weighted by atomic mass is 10.1. The summed E-state index contributed by atoms with van der Waals surface area (Å²) in [4.78, 5) is 0. The van der Waals surface area contributed by atoms with Crippen molar-refractivity contribution in [3.63, 3.8) is 0 Å². The molecule has 0 unspecified atom stereocenters. The van der Waals surface area contributed by atoms with E-state index in [2.05, 4.69) is 0 Å². The Morgan fingerprint density at radius 2 is 1.53 bits per heavy atom. The number of hydrogen-bond acceptors (Lipinski definition) is 2. The van der Waals surface area contributed by atoms with Gasteiger partial charge in [-0.05, 0) is 30.2 Å². The van der Waals surface area contributed by atoms with Gasteiger partial charge in [0.05, 0.1) is 18.5 Å². The van der Waals surface area contributed by atoms with E-state index in [0.29, 0.717) is 12.2 Å². The lowest BCUT2D eigenvalue weighted by molar-refractivity contribution is 0.596. The smallest absolute Gasteiger partial charge is 0.232 e. The molecule has 0 atom stereocenters. The quantitative estimate of drug-likeness (QED) is 0.860. The normalized spacial score (nSPS) is 11.3. The number of para-hydroxylation sites is 1. The molecular weight excluding hydrogens is 258 g/mol. The van der Waals surface area contributed by atoms with E-state index in [9.17, 15) is 8.42 Å². The highest BCUT2D eigenvalue weighted by atomic mass is 32.2. The fourth-order valence-corrected chi connectivity index (χ4v) is 2.81. The van der Waals surface area contributed by atoms with E-state index in [1.54, 1.807) is 12.1 Å².